The van der Waals surface area contributed by atoms with E-state index in [0.29, 0.717) is 5.75 Å². The minimum absolute atomic E-state index is 0.0530. The average molecular weight is 364 g/mol. The van der Waals surface area contributed by atoms with Crippen molar-refractivity contribution in [2.24, 2.45) is 0 Å². The first kappa shape index (κ1) is 18.9. The molecule has 0 spiro atoms. The molecule has 2 rings (SSSR count). The first-order valence-electron chi connectivity index (χ1n) is 7.77. The van der Waals surface area contributed by atoms with Crippen molar-refractivity contribution in [1.82, 2.24) is 4.72 Å². The number of nitro benzene ring substituents is 1. The summed E-state index contributed by atoms with van der Waals surface area (Å²) < 4.78 is 32.4. The van der Waals surface area contributed by atoms with Gasteiger partial charge in [0.2, 0.25) is 10.0 Å². The smallest absolute Gasteiger partial charge is 0.270 e. The van der Waals surface area contributed by atoms with Crippen LogP contribution in [0.5, 0.6) is 5.75 Å². The van der Waals surface area contributed by atoms with Gasteiger partial charge in [-0.1, -0.05) is 38.1 Å². The Bertz CT molecular complexity index is 850. The fourth-order valence-corrected chi connectivity index (χ4v) is 3.33. The summed E-state index contributed by atoms with van der Waals surface area (Å²) in [5, 5.41) is 10.8. The highest BCUT2D eigenvalue weighted by Crippen LogP contribution is 2.25. The zero-order valence-electron chi connectivity index (χ0n) is 14.0. The molecule has 2 aromatic rings. The van der Waals surface area contributed by atoms with Crippen LogP contribution in [-0.2, 0) is 10.0 Å². The van der Waals surface area contributed by atoms with Crippen molar-refractivity contribution < 1.29 is 18.1 Å². The molecule has 0 saturated carbocycles. The normalized spacial score (nSPS) is 11.5. The molecule has 8 heteroatoms. The number of hydrogen-bond donors (Lipinski definition) is 1. The van der Waals surface area contributed by atoms with Gasteiger partial charge in [-0.3, -0.25) is 10.1 Å². The van der Waals surface area contributed by atoms with E-state index in [1.165, 1.54) is 18.2 Å². The van der Waals surface area contributed by atoms with E-state index in [1.54, 1.807) is 0 Å². The van der Waals surface area contributed by atoms with Crippen LogP contribution in [0, 0.1) is 10.1 Å². The number of sulfonamides is 1. The molecule has 0 aromatic heterocycles. The van der Waals surface area contributed by atoms with E-state index in [1.807, 2.05) is 38.1 Å². The molecule has 7 nitrogen and oxygen atoms in total. The van der Waals surface area contributed by atoms with Crippen molar-refractivity contribution >= 4 is 15.7 Å². The summed E-state index contributed by atoms with van der Waals surface area (Å²) in [5.74, 6) is 1.00. The molecule has 0 saturated heterocycles. The molecule has 0 atom stereocenters. The highest BCUT2D eigenvalue weighted by molar-refractivity contribution is 7.89. The lowest BCUT2D eigenvalue weighted by Gasteiger charge is -2.14. The summed E-state index contributed by atoms with van der Waals surface area (Å²) in [6, 6.07) is 12.5. The van der Waals surface area contributed by atoms with Gasteiger partial charge >= 0.3 is 0 Å². The first-order chi connectivity index (χ1) is 11.8. The van der Waals surface area contributed by atoms with E-state index >= 15 is 0 Å². The molecule has 2 aromatic carbocycles. The number of ether oxygens (including phenoxy) is 1. The van der Waals surface area contributed by atoms with E-state index in [-0.39, 0.29) is 29.7 Å². The highest BCUT2D eigenvalue weighted by atomic mass is 32.2. The number of para-hydroxylation sites is 1. The third-order valence-electron chi connectivity index (χ3n) is 3.53. The van der Waals surface area contributed by atoms with Gasteiger partial charge in [0.1, 0.15) is 12.4 Å². The van der Waals surface area contributed by atoms with Crippen LogP contribution >= 0.6 is 0 Å². The fourth-order valence-electron chi connectivity index (χ4n) is 2.27. The van der Waals surface area contributed by atoms with Gasteiger partial charge in [-0.2, -0.15) is 0 Å². The lowest BCUT2D eigenvalue weighted by atomic mass is 10.0. The molecular weight excluding hydrogens is 344 g/mol. The van der Waals surface area contributed by atoms with E-state index in [4.69, 9.17) is 4.74 Å². The second kappa shape index (κ2) is 8.09. The maximum atomic E-state index is 12.2. The summed E-state index contributed by atoms with van der Waals surface area (Å²) in [6.45, 7) is 4.30. The minimum atomic E-state index is -3.83. The lowest BCUT2D eigenvalue weighted by molar-refractivity contribution is -0.385. The van der Waals surface area contributed by atoms with Crippen LogP contribution in [-0.4, -0.2) is 26.5 Å². The van der Waals surface area contributed by atoms with E-state index in [2.05, 4.69) is 4.72 Å². The monoisotopic (exact) mass is 364 g/mol. The van der Waals surface area contributed by atoms with Crippen LogP contribution in [0.4, 0.5) is 5.69 Å². The fraction of sp³-hybridized carbons (Fsp3) is 0.294. The van der Waals surface area contributed by atoms with Gasteiger partial charge in [-0.05, 0) is 23.6 Å². The summed E-state index contributed by atoms with van der Waals surface area (Å²) in [7, 11) is -3.83. The maximum Gasteiger partial charge on any atom is 0.270 e. The second-order valence-electron chi connectivity index (χ2n) is 5.69. The van der Waals surface area contributed by atoms with Gasteiger partial charge < -0.3 is 4.74 Å². The number of nitrogens with zero attached hydrogens (tertiary/aromatic N) is 1. The van der Waals surface area contributed by atoms with Gasteiger partial charge in [-0.15, -0.1) is 0 Å². The Morgan fingerprint density at radius 1 is 1.16 bits per heavy atom. The van der Waals surface area contributed by atoms with E-state index in [0.717, 1.165) is 11.6 Å². The Hall–Kier alpha value is -2.45. The maximum absolute atomic E-state index is 12.2. The molecule has 0 radical (unpaired) electrons. The molecule has 0 aliphatic rings. The van der Waals surface area contributed by atoms with Crippen LogP contribution in [0.15, 0.2) is 53.4 Å². The molecule has 0 unspecified atom stereocenters. The summed E-state index contributed by atoms with van der Waals surface area (Å²) in [5.41, 5.74) is 0.772. The summed E-state index contributed by atoms with van der Waals surface area (Å²) >= 11 is 0. The van der Waals surface area contributed by atoms with Crippen molar-refractivity contribution in [2.75, 3.05) is 13.2 Å². The molecule has 0 heterocycles. The second-order valence-corrected chi connectivity index (χ2v) is 7.46. The minimum Gasteiger partial charge on any atom is -0.492 e. The number of nitrogens with one attached hydrogen (secondary N) is 1. The molecule has 0 aliphatic carbocycles. The van der Waals surface area contributed by atoms with Crippen molar-refractivity contribution in [3.63, 3.8) is 0 Å². The van der Waals surface area contributed by atoms with Crippen LogP contribution in [0.25, 0.3) is 0 Å². The van der Waals surface area contributed by atoms with Crippen molar-refractivity contribution in [3.05, 3.63) is 64.2 Å². The summed E-state index contributed by atoms with van der Waals surface area (Å²) in [4.78, 5) is 9.97. The topological polar surface area (TPSA) is 98.5 Å². The molecule has 0 fully saturated rings. The lowest BCUT2D eigenvalue weighted by Crippen LogP contribution is -2.28. The number of benzene rings is 2. The third kappa shape index (κ3) is 5.01. The van der Waals surface area contributed by atoms with Gasteiger partial charge in [-0.25, -0.2) is 13.1 Å². The van der Waals surface area contributed by atoms with Crippen molar-refractivity contribution in [1.29, 1.82) is 0 Å². The number of hydrogen-bond acceptors (Lipinski definition) is 5. The SMILES string of the molecule is CC(C)c1ccccc1OCCNS(=O)(=O)c1cccc([N+](=O)[O-])c1. The third-order valence-corrected chi connectivity index (χ3v) is 4.99. The van der Waals surface area contributed by atoms with E-state index in [9.17, 15) is 18.5 Å². The zero-order valence-corrected chi connectivity index (χ0v) is 14.8. The first-order valence-corrected chi connectivity index (χ1v) is 9.25. The molecule has 25 heavy (non-hydrogen) atoms. The van der Waals surface area contributed by atoms with E-state index < -0.39 is 14.9 Å². The Balaban J connectivity index is 1.97. The number of nitro groups is 1. The van der Waals surface area contributed by atoms with Gasteiger partial charge in [0.25, 0.3) is 5.69 Å². The highest BCUT2D eigenvalue weighted by Gasteiger charge is 2.17. The Morgan fingerprint density at radius 2 is 1.88 bits per heavy atom. The van der Waals surface area contributed by atoms with Crippen LogP contribution in [0.3, 0.4) is 0 Å². The molecule has 0 bridgehead atoms. The average Bonchev–Trinajstić information content (AvgIpc) is 2.59. The quantitative estimate of drug-likeness (QED) is 0.441. The standard InChI is InChI=1S/C17H20N2O5S/c1-13(2)16-8-3-4-9-17(16)24-11-10-18-25(22,23)15-7-5-6-14(12-15)19(20)21/h3-9,12-13,18H,10-11H2,1-2H3. The van der Waals surface area contributed by atoms with Gasteiger partial charge in [0, 0.05) is 18.7 Å². The Labute approximate surface area is 146 Å². The molecule has 1 N–H and O–H groups in total. The zero-order chi connectivity index (χ0) is 18.4. The summed E-state index contributed by atoms with van der Waals surface area (Å²) in [6.07, 6.45) is 0. The number of rotatable bonds is 8. The van der Waals surface area contributed by atoms with Crippen molar-refractivity contribution in [3.8, 4) is 5.75 Å². The van der Waals surface area contributed by atoms with Crippen LogP contribution < -0.4 is 9.46 Å². The predicted octanol–water partition coefficient (Wildman–Crippen LogP) is 3.08. The van der Waals surface area contributed by atoms with Crippen molar-refractivity contribution in [2.45, 2.75) is 24.7 Å². The number of non-ortho nitro benzene ring substituents is 1. The molecule has 134 valence electrons. The predicted molar refractivity (Wildman–Crippen MR) is 94.3 cm³/mol. The molecule has 0 aliphatic heterocycles. The molecule has 0 amide bonds. The van der Waals surface area contributed by atoms with Crippen LogP contribution in [0.1, 0.15) is 25.3 Å². The van der Waals surface area contributed by atoms with Crippen LogP contribution in [0.2, 0.25) is 0 Å². The Morgan fingerprint density at radius 3 is 2.56 bits per heavy atom. The van der Waals surface area contributed by atoms with Gasteiger partial charge in [0.05, 0.1) is 9.82 Å². The molecular formula is C17H20N2O5S. The largest absolute Gasteiger partial charge is 0.492 e. The van der Waals surface area contributed by atoms with Gasteiger partial charge in [0.15, 0.2) is 0 Å². The Kier molecular flexibility index (Phi) is 6.11.